The molecule has 29 heteroatoms. The van der Waals surface area contributed by atoms with Crippen molar-refractivity contribution in [2.24, 2.45) is 9.98 Å². The van der Waals surface area contributed by atoms with Gasteiger partial charge in [-0.1, -0.05) is 12.1 Å². The smallest absolute Gasteiger partial charge is 0.338 e. The molecule has 12 N–H and O–H groups in total. The molecule has 4 aliphatic rings. The first-order valence-corrected chi connectivity index (χ1v) is 23.3. The number of rotatable bonds is 12. The Balaban J connectivity index is 0.000000188. The zero-order valence-electron chi connectivity index (χ0n) is 41.2. The van der Waals surface area contributed by atoms with Crippen LogP contribution in [0.15, 0.2) is 65.0 Å². The van der Waals surface area contributed by atoms with E-state index in [1.807, 2.05) is 0 Å². The molecular formula is C48H49F2N15O12. The molecule has 0 bridgehead atoms. The van der Waals surface area contributed by atoms with E-state index < -0.39 is 72.3 Å². The molecule has 6 unspecified atom stereocenters. The van der Waals surface area contributed by atoms with Gasteiger partial charge in [0, 0.05) is 24.0 Å². The van der Waals surface area contributed by atoms with E-state index in [0.717, 1.165) is 0 Å². The van der Waals surface area contributed by atoms with Crippen LogP contribution < -0.4 is 37.6 Å². The minimum absolute atomic E-state index is 0.0654. The van der Waals surface area contributed by atoms with Crippen LogP contribution in [0, 0.1) is 25.5 Å². The Bertz CT molecular complexity index is 3320. The van der Waals surface area contributed by atoms with E-state index in [9.17, 15) is 38.8 Å². The van der Waals surface area contributed by atoms with Crippen molar-refractivity contribution in [2.75, 3.05) is 44.6 Å². The number of aryl methyl sites for hydroxylation is 2. The lowest BCUT2D eigenvalue weighted by Gasteiger charge is -2.26. The first kappa shape index (κ1) is 53.1. The number of cyclic esters (lactones) is 2. The van der Waals surface area contributed by atoms with Crippen molar-refractivity contribution < 1.29 is 67.4 Å². The Kier molecular flexibility index (Phi) is 15.3. The van der Waals surface area contributed by atoms with E-state index in [-0.39, 0.29) is 60.8 Å². The Labute approximate surface area is 434 Å². The molecule has 2 saturated heterocycles. The number of carbonyl (C=O) groups excluding carboxylic acids is 2. The van der Waals surface area contributed by atoms with Crippen LogP contribution in [0.5, 0.6) is 11.8 Å². The largest absolute Gasteiger partial charge is 0.480 e. The normalized spacial score (nSPS) is 22.3. The topological polar surface area (TPSA) is 400 Å². The number of aliphatic hydroxyl groups excluding tert-OH is 4. The number of aliphatic hydroxyl groups is 4. The van der Waals surface area contributed by atoms with Crippen LogP contribution >= 0.6 is 0 Å². The number of nitrogens with two attached hydrogens (primary N) is 3. The monoisotopic (exact) mass is 1070 g/mol. The lowest BCUT2D eigenvalue weighted by atomic mass is 9.91. The van der Waals surface area contributed by atoms with Gasteiger partial charge in [-0.3, -0.25) is 24.6 Å². The van der Waals surface area contributed by atoms with Crippen LogP contribution in [0.4, 0.5) is 26.5 Å². The third-order valence-corrected chi connectivity index (χ3v) is 12.5. The zero-order chi connectivity index (χ0) is 54.8. The molecule has 27 nitrogen and oxygen atoms in total. The van der Waals surface area contributed by atoms with Crippen LogP contribution in [0.25, 0.3) is 22.5 Å². The summed E-state index contributed by atoms with van der Waals surface area (Å²) < 4.78 is 48.9. The average Bonchev–Trinajstić information content (AvgIpc) is 3.81. The van der Waals surface area contributed by atoms with Gasteiger partial charge in [0.15, 0.2) is 41.9 Å². The van der Waals surface area contributed by atoms with Crippen LogP contribution in [-0.2, 0) is 41.6 Å². The van der Waals surface area contributed by atoms with Gasteiger partial charge < -0.3 is 56.6 Å². The summed E-state index contributed by atoms with van der Waals surface area (Å²) in [6.07, 6.45) is -3.40. The number of nitrogens with one attached hydrogen (secondary N) is 2. The molecule has 0 spiro atoms. The average molecular weight is 1070 g/mol. The fourth-order valence-corrected chi connectivity index (χ4v) is 8.87. The van der Waals surface area contributed by atoms with Crippen LogP contribution in [0.1, 0.15) is 57.1 Å². The summed E-state index contributed by atoms with van der Waals surface area (Å²) >= 11 is 0. The fourth-order valence-electron chi connectivity index (χ4n) is 8.87. The number of fused-ring (bicyclic) bond motifs is 2. The second-order valence-electron chi connectivity index (χ2n) is 17.6. The molecule has 0 amide bonds. The molecular weight excluding hydrogens is 1020 g/mol. The molecule has 2 aromatic carbocycles. The van der Waals surface area contributed by atoms with Crippen LogP contribution in [0.2, 0.25) is 0 Å². The summed E-state index contributed by atoms with van der Waals surface area (Å²) in [5, 5.41) is 39.2. The first-order chi connectivity index (χ1) is 36.9. The number of carbonyl (C=O) groups is 2. The van der Waals surface area contributed by atoms with Crippen molar-refractivity contribution in [3.63, 3.8) is 0 Å². The van der Waals surface area contributed by atoms with Gasteiger partial charge in [-0.15, -0.1) is 0 Å². The van der Waals surface area contributed by atoms with Gasteiger partial charge in [0.25, 0.3) is 5.88 Å². The quantitative estimate of drug-likeness (QED) is 0.0573. The summed E-state index contributed by atoms with van der Waals surface area (Å²) in [6.45, 7) is 2.90. The maximum atomic E-state index is 14.4. The predicted octanol–water partition coefficient (Wildman–Crippen LogP) is -0.0492. The van der Waals surface area contributed by atoms with Crippen molar-refractivity contribution in [1.29, 1.82) is 0 Å². The van der Waals surface area contributed by atoms with Gasteiger partial charge in [-0.25, -0.2) is 64.2 Å². The van der Waals surface area contributed by atoms with E-state index in [0.29, 0.717) is 74.0 Å². The maximum Gasteiger partial charge on any atom is 0.338 e. The number of aliphatic imine (C=N–C) groups is 2. The summed E-state index contributed by atoms with van der Waals surface area (Å²) in [5.41, 5.74) is 29.2. The van der Waals surface area contributed by atoms with E-state index in [4.69, 9.17) is 55.8 Å². The van der Waals surface area contributed by atoms with Gasteiger partial charge in [0.2, 0.25) is 17.8 Å². The molecule has 77 heavy (non-hydrogen) atoms. The Morgan fingerprint density at radius 3 is 1.57 bits per heavy atom. The number of amidine groups is 2. The second kappa shape index (κ2) is 22.2. The zero-order valence-corrected chi connectivity index (χ0v) is 41.2. The Morgan fingerprint density at radius 2 is 1.13 bits per heavy atom. The van der Waals surface area contributed by atoms with Gasteiger partial charge in [0.05, 0.1) is 90.2 Å². The fraction of sp³-hybridized carbons (Fsp3) is 0.333. The number of nitrogen functional groups attached to an aromatic ring is 3. The number of nitrogens with zero attached hydrogens (tertiary/aromatic N) is 10. The number of hydroxylamine groups is 2. The van der Waals surface area contributed by atoms with Crippen molar-refractivity contribution in [2.45, 2.75) is 75.4 Å². The van der Waals surface area contributed by atoms with Gasteiger partial charge >= 0.3 is 11.9 Å². The predicted molar refractivity (Wildman–Crippen MR) is 263 cm³/mol. The summed E-state index contributed by atoms with van der Waals surface area (Å²) in [5.74, 6) is -1.78. The summed E-state index contributed by atoms with van der Waals surface area (Å²) in [4.78, 5) is 77.8. The number of aromatic nitrogens is 8. The highest BCUT2D eigenvalue weighted by Crippen LogP contribution is 2.38. The number of halogens is 2. The third kappa shape index (κ3) is 11.2. The highest BCUT2D eigenvalue weighted by atomic mass is 19.1. The number of methoxy groups -OCH3 is 2. The molecule has 8 atom stereocenters. The molecule has 0 aliphatic carbocycles. The van der Waals surface area contributed by atoms with Gasteiger partial charge in [-0.05, 0) is 49.2 Å². The summed E-state index contributed by atoms with van der Waals surface area (Å²) in [7, 11) is 2.86. The van der Waals surface area contributed by atoms with Gasteiger partial charge in [0.1, 0.15) is 37.1 Å². The number of hydrogen-bond donors (Lipinski definition) is 9. The second-order valence-corrected chi connectivity index (χ2v) is 17.6. The highest BCUT2D eigenvalue weighted by Gasteiger charge is 2.44. The molecule has 0 radical (unpaired) electrons. The molecule has 4 aliphatic heterocycles. The standard InChI is InChI=1S/C24H25FN8O6.C24H24FN7O6/c1-9-17-14(32-24(27)29-9)6-13(30-21(17)33-38-8-16-18(34)19(35)23(36)39-16)11-4-3-10(25)5-12(11)15-7-28-20(26)22(31-15)37-2;1-10-19-15(31-24(26)28-10)6-14(30-22(19)32-37-9-17-20(33)21(34)23(35)38-17)12-4-3-11(25)5-13(12)16-7-27-8-18(29-16)36-2/h3-5,7,13,16,18-19,34-35H,6,8H2,1-2H3,(H2,26,28)(H,30,33)(H2,27,29,32);3-5,7-8,14,17,20-21,33-34H,6,9H2,1-2H3,(H,30,32)(H2,26,28,31)/t13-,16?,18?,19?;14-,17?,20?,21?/m11/s1. The number of hydrogen-bond acceptors (Lipinski definition) is 27. The first-order valence-electron chi connectivity index (χ1n) is 23.3. The maximum absolute atomic E-state index is 14.4. The Morgan fingerprint density at radius 1 is 0.649 bits per heavy atom. The highest BCUT2D eigenvalue weighted by molar-refractivity contribution is 6.02. The van der Waals surface area contributed by atoms with E-state index in [2.05, 4.69) is 50.8 Å². The molecule has 0 saturated carbocycles. The van der Waals surface area contributed by atoms with Crippen molar-refractivity contribution >= 4 is 41.3 Å². The molecule has 8 heterocycles. The number of benzene rings is 2. The van der Waals surface area contributed by atoms with Crippen molar-refractivity contribution in [1.82, 2.24) is 50.8 Å². The van der Waals surface area contributed by atoms with Crippen LogP contribution in [-0.4, -0.2) is 148 Å². The summed E-state index contributed by atoms with van der Waals surface area (Å²) in [6, 6.07) is 7.30. The molecule has 402 valence electrons. The SMILES string of the molecule is COc1cncc(-c2cc(F)ccc2[C@H]2Cc3nc(N)nc(C)c3C(NOCC3OC(=O)C(O)C3O)=N2)n1.COc1nc(-c2cc(F)ccc2[C@H]2Cc3nc(N)nc(C)c3C(NOCC3OC(=O)C(O)C3O)=N2)cnc1N. The van der Waals surface area contributed by atoms with E-state index in [1.54, 1.807) is 26.0 Å². The third-order valence-electron chi connectivity index (χ3n) is 12.5. The minimum Gasteiger partial charge on any atom is -0.480 e. The Hall–Kier alpha value is -8.74. The minimum atomic E-state index is -1.65. The van der Waals surface area contributed by atoms with E-state index in [1.165, 1.54) is 57.1 Å². The number of anilines is 3. The van der Waals surface area contributed by atoms with E-state index >= 15 is 0 Å². The number of esters is 2. The molecule has 2 fully saturated rings. The lowest BCUT2D eigenvalue weighted by Crippen LogP contribution is -2.38. The van der Waals surface area contributed by atoms with Crippen molar-refractivity contribution in [3.05, 3.63) is 112 Å². The molecule has 6 aromatic rings. The van der Waals surface area contributed by atoms with Crippen molar-refractivity contribution in [3.8, 4) is 34.3 Å². The van der Waals surface area contributed by atoms with Gasteiger partial charge in [-0.2, -0.15) is 0 Å². The number of ether oxygens (including phenoxy) is 4. The van der Waals surface area contributed by atoms with Crippen LogP contribution in [0.3, 0.4) is 0 Å². The lowest BCUT2D eigenvalue weighted by molar-refractivity contribution is -0.150. The molecule has 10 rings (SSSR count). The molecule has 4 aromatic heterocycles.